The molecule has 116 valence electrons. The zero-order valence-corrected chi connectivity index (χ0v) is 12.3. The number of nitrogens with one attached hydrogen (secondary N) is 2. The molecule has 2 aromatic carbocycles. The second-order valence-corrected chi connectivity index (χ2v) is 4.91. The number of para-hydroxylation sites is 1. The van der Waals surface area contributed by atoms with Crippen LogP contribution in [-0.2, 0) is 6.61 Å². The van der Waals surface area contributed by atoms with Gasteiger partial charge in [0.05, 0.1) is 5.69 Å². The molecule has 4 N–H and O–H groups in total. The highest BCUT2D eigenvalue weighted by molar-refractivity contribution is 5.93. The van der Waals surface area contributed by atoms with Crippen molar-refractivity contribution in [2.45, 2.75) is 6.61 Å². The number of aromatic amines is 1. The fourth-order valence-electron chi connectivity index (χ4n) is 2.19. The lowest BCUT2D eigenvalue weighted by Crippen LogP contribution is -2.30. The summed E-state index contributed by atoms with van der Waals surface area (Å²) in [6.45, 7) is 0.457. The SMILES string of the molecule is NNC(=O)c1cc(-c2ccccc2OCc2ccccc2)n[nH]1. The standard InChI is InChI=1S/C17H16N4O2/c18-19-17(22)15-10-14(20-21-15)13-8-4-5-9-16(13)23-11-12-6-2-1-3-7-12/h1-10H,11,18H2,(H,19,22)(H,20,21). The Morgan fingerprint density at radius 3 is 2.65 bits per heavy atom. The largest absolute Gasteiger partial charge is 0.488 e. The topological polar surface area (TPSA) is 93.0 Å². The molecule has 0 spiro atoms. The van der Waals surface area contributed by atoms with Gasteiger partial charge in [-0.1, -0.05) is 42.5 Å². The Morgan fingerprint density at radius 2 is 1.87 bits per heavy atom. The van der Waals surface area contributed by atoms with Crippen LogP contribution in [0.3, 0.4) is 0 Å². The van der Waals surface area contributed by atoms with Gasteiger partial charge in [-0.2, -0.15) is 5.10 Å². The molecule has 0 unspecified atom stereocenters. The molecule has 0 atom stereocenters. The highest BCUT2D eigenvalue weighted by Crippen LogP contribution is 2.29. The van der Waals surface area contributed by atoms with Crippen LogP contribution >= 0.6 is 0 Å². The lowest BCUT2D eigenvalue weighted by atomic mass is 10.1. The molecule has 0 radical (unpaired) electrons. The molecule has 0 aliphatic carbocycles. The summed E-state index contributed by atoms with van der Waals surface area (Å²) in [5, 5.41) is 6.81. The van der Waals surface area contributed by atoms with Crippen molar-refractivity contribution in [3.63, 3.8) is 0 Å². The minimum atomic E-state index is -0.425. The molecular formula is C17H16N4O2. The number of hydrogen-bond acceptors (Lipinski definition) is 4. The predicted molar refractivity (Wildman–Crippen MR) is 86.5 cm³/mol. The van der Waals surface area contributed by atoms with E-state index in [2.05, 4.69) is 15.6 Å². The molecule has 0 bridgehead atoms. The Balaban J connectivity index is 1.83. The van der Waals surface area contributed by atoms with E-state index >= 15 is 0 Å². The number of H-pyrrole nitrogens is 1. The number of carbonyl (C=O) groups is 1. The summed E-state index contributed by atoms with van der Waals surface area (Å²) in [7, 11) is 0. The number of carbonyl (C=O) groups excluding carboxylic acids is 1. The number of hydrazine groups is 1. The molecule has 3 aromatic rings. The number of nitrogens with zero attached hydrogens (tertiary/aromatic N) is 1. The zero-order chi connectivity index (χ0) is 16.1. The summed E-state index contributed by atoms with van der Waals surface area (Å²) in [5.41, 5.74) is 4.85. The Kier molecular flexibility index (Phi) is 4.35. The molecule has 1 aromatic heterocycles. The van der Waals surface area contributed by atoms with Crippen LogP contribution in [0.25, 0.3) is 11.3 Å². The van der Waals surface area contributed by atoms with Crippen LogP contribution in [-0.4, -0.2) is 16.1 Å². The van der Waals surface area contributed by atoms with Gasteiger partial charge in [0.25, 0.3) is 5.91 Å². The van der Waals surface area contributed by atoms with Gasteiger partial charge in [-0.05, 0) is 23.8 Å². The number of hydrogen-bond donors (Lipinski definition) is 3. The third-order valence-electron chi connectivity index (χ3n) is 3.35. The van der Waals surface area contributed by atoms with Gasteiger partial charge in [-0.25, -0.2) is 5.84 Å². The van der Waals surface area contributed by atoms with Gasteiger partial charge in [0.2, 0.25) is 0 Å². The van der Waals surface area contributed by atoms with Gasteiger partial charge in [0, 0.05) is 5.56 Å². The van der Waals surface area contributed by atoms with E-state index in [1.165, 1.54) is 0 Å². The predicted octanol–water partition coefficient (Wildman–Crippen LogP) is 2.26. The van der Waals surface area contributed by atoms with E-state index in [1.807, 2.05) is 54.6 Å². The van der Waals surface area contributed by atoms with E-state index in [-0.39, 0.29) is 0 Å². The first-order valence-electron chi connectivity index (χ1n) is 7.10. The van der Waals surface area contributed by atoms with Crippen LogP contribution in [0.4, 0.5) is 0 Å². The monoisotopic (exact) mass is 308 g/mol. The third-order valence-corrected chi connectivity index (χ3v) is 3.35. The van der Waals surface area contributed by atoms with E-state index in [4.69, 9.17) is 10.6 Å². The molecule has 6 nitrogen and oxygen atoms in total. The lowest BCUT2D eigenvalue weighted by Gasteiger charge is -2.10. The maximum Gasteiger partial charge on any atom is 0.283 e. The molecule has 3 rings (SSSR count). The number of nitrogen functional groups attached to an aromatic ring is 1. The van der Waals surface area contributed by atoms with Gasteiger partial charge in [0.15, 0.2) is 0 Å². The average molecular weight is 308 g/mol. The number of benzene rings is 2. The Bertz CT molecular complexity index is 799. The zero-order valence-electron chi connectivity index (χ0n) is 12.3. The molecule has 0 fully saturated rings. The van der Waals surface area contributed by atoms with Crippen molar-refractivity contribution in [3.8, 4) is 17.0 Å². The summed E-state index contributed by atoms with van der Waals surface area (Å²) < 4.78 is 5.89. The summed E-state index contributed by atoms with van der Waals surface area (Å²) in [4.78, 5) is 11.5. The van der Waals surface area contributed by atoms with Crippen LogP contribution < -0.4 is 16.0 Å². The quantitative estimate of drug-likeness (QED) is 0.383. The van der Waals surface area contributed by atoms with Crippen molar-refractivity contribution in [1.29, 1.82) is 0 Å². The fraction of sp³-hybridized carbons (Fsp3) is 0.0588. The second kappa shape index (κ2) is 6.76. The molecule has 1 amide bonds. The Morgan fingerprint density at radius 1 is 1.13 bits per heavy atom. The van der Waals surface area contributed by atoms with Gasteiger partial charge in [-0.15, -0.1) is 0 Å². The van der Waals surface area contributed by atoms with Crippen molar-refractivity contribution in [3.05, 3.63) is 71.9 Å². The van der Waals surface area contributed by atoms with E-state index in [0.717, 1.165) is 11.1 Å². The van der Waals surface area contributed by atoms with E-state index in [1.54, 1.807) is 6.07 Å². The van der Waals surface area contributed by atoms with Crippen LogP contribution in [0, 0.1) is 0 Å². The van der Waals surface area contributed by atoms with Crippen molar-refractivity contribution >= 4 is 5.91 Å². The third kappa shape index (κ3) is 3.38. The first-order chi connectivity index (χ1) is 11.3. The molecule has 0 saturated carbocycles. The maximum atomic E-state index is 11.5. The van der Waals surface area contributed by atoms with Crippen molar-refractivity contribution in [1.82, 2.24) is 15.6 Å². The van der Waals surface area contributed by atoms with Crippen LogP contribution in [0.15, 0.2) is 60.7 Å². The number of ether oxygens (including phenoxy) is 1. The van der Waals surface area contributed by atoms with Crippen LogP contribution in [0.2, 0.25) is 0 Å². The van der Waals surface area contributed by atoms with Crippen LogP contribution in [0.5, 0.6) is 5.75 Å². The first-order valence-corrected chi connectivity index (χ1v) is 7.10. The smallest absolute Gasteiger partial charge is 0.283 e. The lowest BCUT2D eigenvalue weighted by molar-refractivity contribution is 0.0948. The second-order valence-electron chi connectivity index (χ2n) is 4.91. The van der Waals surface area contributed by atoms with Gasteiger partial charge >= 0.3 is 0 Å². The summed E-state index contributed by atoms with van der Waals surface area (Å²) >= 11 is 0. The highest BCUT2D eigenvalue weighted by Gasteiger charge is 2.13. The van der Waals surface area contributed by atoms with Gasteiger partial charge < -0.3 is 4.74 Å². The van der Waals surface area contributed by atoms with Crippen molar-refractivity contribution < 1.29 is 9.53 Å². The molecule has 6 heteroatoms. The average Bonchev–Trinajstić information content (AvgIpc) is 3.10. The number of aromatic nitrogens is 2. The van der Waals surface area contributed by atoms with E-state index < -0.39 is 5.91 Å². The molecule has 0 aliphatic rings. The normalized spacial score (nSPS) is 10.3. The molecule has 0 saturated heterocycles. The molecule has 0 aliphatic heterocycles. The van der Waals surface area contributed by atoms with Crippen molar-refractivity contribution in [2.75, 3.05) is 0 Å². The fourth-order valence-corrected chi connectivity index (χ4v) is 2.19. The number of nitrogens with two attached hydrogens (primary N) is 1. The summed E-state index contributed by atoms with van der Waals surface area (Å²) in [6, 6.07) is 19.1. The van der Waals surface area contributed by atoms with Gasteiger partial charge in [-0.3, -0.25) is 15.3 Å². The maximum absolute atomic E-state index is 11.5. The first kappa shape index (κ1) is 14.8. The minimum Gasteiger partial charge on any atom is -0.488 e. The van der Waals surface area contributed by atoms with Gasteiger partial charge in [0.1, 0.15) is 18.1 Å². The van der Waals surface area contributed by atoms with E-state index in [0.29, 0.717) is 23.7 Å². The minimum absolute atomic E-state index is 0.292. The Labute approximate surface area is 133 Å². The summed E-state index contributed by atoms with van der Waals surface area (Å²) in [6.07, 6.45) is 0. The summed E-state index contributed by atoms with van der Waals surface area (Å²) in [5.74, 6) is 5.39. The Hall–Kier alpha value is -3.12. The van der Waals surface area contributed by atoms with Crippen molar-refractivity contribution in [2.24, 2.45) is 5.84 Å². The highest BCUT2D eigenvalue weighted by atomic mass is 16.5. The van der Waals surface area contributed by atoms with E-state index in [9.17, 15) is 4.79 Å². The number of amides is 1. The van der Waals surface area contributed by atoms with Crippen LogP contribution in [0.1, 0.15) is 16.1 Å². The molecular weight excluding hydrogens is 292 g/mol. The molecule has 23 heavy (non-hydrogen) atoms. The number of rotatable bonds is 5. The molecule has 1 heterocycles.